The minimum atomic E-state index is 0.941. The minimum Gasteiger partial charge on any atom is -0.239 e. The molecule has 0 unspecified atom stereocenters. The van der Waals surface area contributed by atoms with E-state index in [0.717, 1.165) is 6.54 Å². The predicted molar refractivity (Wildman–Crippen MR) is 44.3 cm³/mol. The maximum absolute atomic E-state index is 3.59. The van der Waals surface area contributed by atoms with Crippen molar-refractivity contribution in [3.05, 3.63) is 12.7 Å². The third-order valence-corrected chi connectivity index (χ3v) is 0.858. The van der Waals surface area contributed by atoms with Gasteiger partial charge in [0.25, 0.3) is 0 Å². The molecule has 0 aliphatic carbocycles. The third kappa shape index (κ3) is 11.2. The summed E-state index contributed by atoms with van der Waals surface area (Å²) < 4.78 is 2.06. The van der Waals surface area contributed by atoms with Crippen molar-refractivity contribution < 1.29 is 4.58 Å². The maximum Gasteiger partial charge on any atom is 0.160 e. The first-order chi connectivity index (χ1) is 4.31. The lowest BCUT2D eigenvalue weighted by Gasteiger charge is -1.84. The van der Waals surface area contributed by atoms with Crippen LogP contribution in [0.5, 0.6) is 0 Å². The van der Waals surface area contributed by atoms with Gasteiger partial charge in [0, 0.05) is 6.92 Å². The second-order valence-electron chi connectivity index (χ2n) is 1.49. The van der Waals surface area contributed by atoms with E-state index in [0.29, 0.717) is 0 Å². The van der Waals surface area contributed by atoms with Gasteiger partial charge < -0.3 is 0 Å². The van der Waals surface area contributed by atoms with E-state index in [1.54, 1.807) is 0 Å². The van der Waals surface area contributed by atoms with E-state index in [2.05, 4.69) is 11.2 Å². The topological polar surface area (TPSA) is 3.01 Å². The van der Waals surface area contributed by atoms with E-state index >= 15 is 0 Å². The fraction of sp³-hybridized carbons (Fsp3) is 0.625. The molecule has 0 atom stereocenters. The van der Waals surface area contributed by atoms with E-state index in [1.165, 1.54) is 0 Å². The Balaban J connectivity index is 0. The van der Waals surface area contributed by atoms with Crippen molar-refractivity contribution in [2.45, 2.75) is 20.8 Å². The zero-order chi connectivity index (χ0) is 7.70. The summed E-state index contributed by atoms with van der Waals surface area (Å²) in [6, 6.07) is 0. The van der Waals surface area contributed by atoms with Gasteiger partial charge in [-0.15, -0.1) is 0 Å². The van der Waals surface area contributed by atoms with Gasteiger partial charge in [0.05, 0.1) is 0 Å². The van der Waals surface area contributed by atoms with Crippen LogP contribution in [0, 0.1) is 0 Å². The molecule has 0 N–H and O–H groups in total. The summed E-state index contributed by atoms with van der Waals surface area (Å²) in [7, 11) is 2.02. The first kappa shape index (κ1) is 11.2. The summed E-state index contributed by atoms with van der Waals surface area (Å²) in [6.45, 7) is 10.5. The molecule has 0 aliphatic rings. The van der Waals surface area contributed by atoms with E-state index in [1.807, 2.05) is 40.1 Å². The minimum absolute atomic E-state index is 0.941. The Labute approximate surface area is 58.7 Å². The Morgan fingerprint density at radius 3 is 2.00 bits per heavy atom. The molecule has 0 amide bonds. The Hall–Kier alpha value is -0.590. The monoisotopic (exact) mass is 128 g/mol. The smallest absolute Gasteiger partial charge is 0.160 e. The van der Waals surface area contributed by atoms with Gasteiger partial charge in [-0.05, 0) is 6.08 Å². The molecule has 0 spiro atoms. The zero-order valence-electron chi connectivity index (χ0n) is 7.02. The quantitative estimate of drug-likeness (QED) is 0.304. The first-order valence-corrected chi connectivity index (χ1v) is 3.42. The number of hydrogen-bond donors (Lipinski definition) is 0. The van der Waals surface area contributed by atoms with E-state index < -0.39 is 0 Å². The molecular formula is C8H18N+. The van der Waals surface area contributed by atoms with Crippen molar-refractivity contribution in [3.8, 4) is 0 Å². The molecule has 1 heteroatoms. The largest absolute Gasteiger partial charge is 0.239 e. The van der Waals surface area contributed by atoms with Gasteiger partial charge in [0.15, 0.2) is 6.54 Å². The fourth-order valence-corrected chi connectivity index (χ4v) is 0.309. The summed E-state index contributed by atoms with van der Waals surface area (Å²) >= 11 is 0. The van der Waals surface area contributed by atoms with Crippen molar-refractivity contribution in [1.29, 1.82) is 0 Å². The van der Waals surface area contributed by atoms with E-state index in [4.69, 9.17) is 0 Å². The van der Waals surface area contributed by atoms with Crippen molar-refractivity contribution in [1.82, 2.24) is 0 Å². The number of hydrogen-bond acceptors (Lipinski definition) is 0. The molecule has 0 heterocycles. The molecule has 0 fully saturated rings. The summed E-state index contributed by atoms with van der Waals surface area (Å²) in [6.07, 6.45) is 3.89. The standard InChI is InChI=1S/C6H12N.C2H6/c1-4-6-7(3)5-2;1-2/h4-5H,1,6H2,2-3H3;1-2H3/q+1;. The maximum atomic E-state index is 3.59. The summed E-state index contributed by atoms with van der Waals surface area (Å²) in [5.74, 6) is 0. The highest BCUT2D eigenvalue weighted by atomic mass is 14.9. The molecular weight excluding hydrogens is 110 g/mol. The van der Waals surface area contributed by atoms with Crippen molar-refractivity contribution in [3.63, 3.8) is 0 Å². The molecule has 0 radical (unpaired) electrons. The fourth-order valence-electron chi connectivity index (χ4n) is 0.309. The molecule has 0 aromatic rings. The second-order valence-corrected chi connectivity index (χ2v) is 1.49. The molecule has 0 aromatic carbocycles. The van der Waals surface area contributed by atoms with Crippen LogP contribution in [0.4, 0.5) is 0 Å². The van der Waals surface area contributed by atoms with E-state index in [9.17, 15) is 0 Å². The highest BCUT2D eigenvalue weighted by Crippen LogP contribution is 1.64. The van der Waals surface area contributed by atoms with Gasteiger partial charge in [0.2, 0.25) is 0 Å². The summed E-state index contributed by atoms with van der Waals surface area (Å²) in [4.78, 5) is 0. The molecule has 0 saturated heterocycles. The lowest BCUT2D eigenvalue weighted by molar-refractivity contribution is -0.481. The number of likely N-dealkylation sites (N-methyl/N-ethyl adjacent to an activating group) is 1. The highest BCUT2D eigenvalue weighted by Gasteiger charge is 1.81. The average Bonchev–Trinajstić information content (AvgIpc) is 1.93. The van der Waals surface area contributed by atoms with Crippen LogP contribution < -0.4 is 0 Å². The Bertz CT molecular complexity index is 82.6. The highest BCUT2D eigenvalue weighted by molar-refractivity contribution is 5.46. The Kier molecular flexibility index (Phi) is 13.0. The molecule has 54 valence electrons. The second kappa shape index (κ2) is 10.4. The Morgan fingerprint density at radius 2 is 1.89 bits per heavy atom. The molecule has 1 nitrogen and oxygen atoms in total. The Morgan fingerprint density at radius 1 is 1.44 bits per heavy atom. The summed E-state index contributed by atoms with van der Waals surface area (Å²) in [5.41, 5.74) is 0. The van der Waals surface area contributed by atoms with Crippen LogP contribution in [0.3, 0.4) is 0 Å². The third-order valence-electron chi connectivity index (χ3n) is 0.858. The van der Waals surface area contributed by atoms with Gasteiger partial charge in [0.1, 0.15) is 13.3 Å². The van der Waals surface area contributed by atoms with Gasteiger partial charge >= 0.3 is 0 Å². The van der Waals surface area contributed by atoms with Crippen LogP contribution in [-0.2, 0) is 0 Å². The average molecular weight is 128 g/mol. The van der Waals surface area contributed by atoms with Crippen LogP contribution in [0.2, 0.25) is 0 Å². The van der Waals surface area contributed by atoms with Crippen molar-refractivity contribution in [2.75, 3.05) is 13.6 Å². The van der Waals surface area contributed by atoms with Crippen molar-refractivity contribution in [2.24, 2.45) is 0 Å². The molecule has 0 bridgehead atoms. The van der Waals surface area contributed by atoms with Gasteiger partial charge in [-0.3, -0.25) is 0 Å². The van der Waals surface area contributed by atoms with Crippen LogP contribution in [-0.4, -0.2) is 24.4 Å². The van der Waals surface area contributed by atoms with Gasteiger partial charge in [-0.2, -0.15) is 0 Å². The molecule has 0 aromatic heterocycles. The van der Waals surface area contributed by atoms with Crippen LogP contribution in [0.15, 0.2) is 12.7 Å². The van der Waals surface area contributed by atoms with Crippen LogP contribution >= 0.6 is 0 Å². The first-order valence-electron chi connectivity index (χ1n) is 3.42. The number of rotatable bonds is 2. The molecule has 0 aliphatic heterocycles. The molecule has 0 saturated carbocycles. The SMILES string of the molecule is C=CC[N+](C)=CC.CC. The lowest BCUT2D eigenvalue weighted by atomic mass is 10.6. The normalized spacial score (nSPS) is 9.56. The van der Waals surface area contributed by atoms with Gasteiger partial charge in [-0.1, -0.05) is 20.4 Å². The molecule has 0 rings (SSSR count). The van der Waals surface area contributed by atoms with E-state index in [-0.39, 0.29) is 0 Å². The predicted octanol–water partition coefficient (Wildman–Crippen LogP) is 1.93. The lowest BCUT2D eigenvalue weighted by Crippen LogP contribution is -2.03. The zero-order valence-corrected chi connectivity index (χ0v) is 7.02. The van der Waals surface area contributed by atoms with Gasteiger partial charge in [-0.25, -0.2) is 4.58 Å². The summed E-state index contributed by atoms with van der Waals surface area (Å²) in [5, 5.41) is 0. The number of nitrogens with zero attached hydrogens (tertiary/aromatic N) is 1. The van der Waals surface area contributed by atoms with Crippen LogP contribution in [0.25, 0.3) is 0 Å². The molecule has 9 heavy (non-hydrogen) atoms. The van der Waals surface area contributed by atoms with Crippen molar-refractivity contribution >= 4 is 6.21 Å². The van der Waals surface area contributed by atoms with Crippen LogP contribution in [0.1, 0.15) is 20.8 Å².